The average molecular weight is 335 g/mol. The standard InChI is InChI=1S/C15H12BrFN2O/c16-11-5-4-10(12(17)8-11)7-14(20)13-9-19-6-2-1-3-15(19)18-13/h1-6,8-9,14,20H,7H2. The average Bonchev–Trinajstić information content (AvgIpc) is 2.86. The molecular formula is C15H12BrFN2O. The summed E-state index contributed by atoms with van der Waals surface area (Å²) in [7, 11) is 0. The zero-order chi connectivity index (χ0) is 14.1. The summed E-state index contributed by atoms with van der Waals surface area (Å²) in [5.74, 6) is -0.331. The molecule has 102 valence electrons. The maximum absolute atomic E-state index is 13.8. The molecule has 20 heavy (non-hydrogen) atoms. The molecule has 0 saturated heterocycles. The maximum atomic E-state index is 13.8. The zero-order valence-electron chi connectivity index (χ0n) is 10.5. The van der Waals surface area contributed by atoms with Crippen LogP contribution in [0.2, 0.25) is 0 Å². The van der Waals surface area contributed by atoms with Gasteiger partial charge in [-0.3, -0.25) is 0 Å². The van der Waals surface area contributed by atoms with Crippen molar-refractivity contribution in [2.75, 3.05) is 0 Å². The van der Waals surface area contributed by atoms with E-state index in [0.717, 1.165) is 5.65 Å². The number of aliphatic hydroxyl groups is 1. The van der Waals surface area contributed by atoms with Crippen molar-refractivity contribution >= 4 is 21.6 Å². The summed E-state index contributed by atoms with van der Waals surface area (Å²) in [5, 5.41) is 10.2. The van der Waals surface area contributed by atoms with Gasteiger partial charge in [-0.25, -0.2) is 9.37 Å². The fourth-order valence-electron chi connectivity index (χ4n) is 2.11. The Labute approximate surface area is 123 Å². The van der Waals surface area contributed by atoms with Crippen LogP contribution < -0.4 is 0 Å². The highest BCUT2D eigenvalue weighted by Gasteiger charge is 2.15. The van der Waals surface area contributed by atoms with Gasteiger partial charge in [0.15, 0.2) is 0 Å². The number of aliphatic hydroxyl groups excluding tert-OH is 1. The number of imidazole rings is 1. The molecule has 0 radical (unpaired) electrons. The van der Waals surface area contributed by atoms with Crippen molar-refractivity contribution < 1.29 is 9.50 Å². The van der Waals surface area contributed by atoms with Gasteiger partial charge in [0.05, 0.1) is 5.69 Å². The van der Waals surface area contributed by atoms with Crippen LogP contribution in [0.3, 0.4) is 0 Å². The van der Waals surface area contributed by atoms with Crippen LogP contribution in [0.15, 0.2) is 53.3 Å². The smallest absolute Gasteiger partial charge is 0.137 e. The molecule has 0 fully saturated rings. The molecule has 2 aromatic heterocycles. The van der Waals surface area contributed by atoms with Crippen LogP contribution in [0, 0.1) is 5.82 Å². The molecule has 2 heterocycles. The lowest BCUT2D eigenvalue weighted by Crippen LogP contribution is -2.04. The number of hydrogen-bond acceptors (Lipinski definition) is 2. The summed E-state index contributed by atoms with van der Waals surface area (Å²) in [6, 6.07) is 10.4. The summed E-state index contributed by atoms with van der Waals surface area (Å²) in [4.78, 5) is 4.34. The van der Waals surface area contributed by atoms with Gasteiger partial charge in [-0.2, -0.15) is 0 Å². The first-order valence-corrected chi connectivity index (χ1v) is 6.98. The summed E-state index contributed by atoms with van der Waals surface area (Å²) < 4.78 is 16.3. The molecule has 3 rings (SSSR count). The second-order valence-electron chi connectivity index (χ2n) is 4.59. The van der Waals surface area contributed by atoms with E-state index in [0.29, 0.717) is 15.7 Å². The van der Waals surface area contributed by atoms with E-state index in [4.69, 9.17) is 0 Å². The molecule has 0 bridgehead atoms. The lowest BCUT2D eigenvalue weighted by atomic mass is 10.1. The van der Waals surface area contributed by atoms with Gasteiger partial charge in [-0.1, -0.05) is 28.1 Å². The third-order valence-corrected chi connectivity index (χ3v) is 3.65. The minimum absolute atomic E-state index is 0.197. The van der Waals surface area contributed by atoms with Crippen molar-refractivity contribution in [3.05, 3.63) is 70.3 Å². The van der Waals surface area contributed by atoms with Crippen LogP contribution in [0.1, 0.15) is 17.4 Å². The highest BCUT2D eigenvalue weighted by atomic mass is 79.9. The molecule has 0 amide bonds. The Morgan fingerprint density at radius 3 is 2.90 bits per heavy atom. The van der Waals surface area contributed by atoms with E-state index in [1.54, 1.807) is 18.3 Å². The van der Waals surface area contributed by atoms with Crippen molar-refractivity contribution in [1.82, 2.24) is 9.38 Å². The molecule has 0 aliphatic heterocycles. The van der Waals surface area contributed by atoms with E-state index in [1.807, 2.05) is 28.8 Å². The first-order valence-electron chi connectivity index (χ1n) is 6.19. The largest absolute Gasteiger partial charge is 0.386 e. The Bertz CT molecular complexity index is 723. The molecule has 3 nitrogen and oxygen atoms in total. The molecule has 3 aromatic rings. The fourth-order valence-corrected chi connectivity index (χ4v) is 2.45. The molecule has 0 saturated carbocycles. The van der Waals surface area contributed by atoms with Crippen molar-refractivity contribution in [2.24, 2.45) is 0 Å². The van der Waals surface area contributed by atoms with Gasteiger partial charge in [-0.15, -0.1) is 0 Å². The number of hydrogen-bond donors (Lipinski definition) is 1. The third-order valence-electron chi connectivity index (χ3n) is 3.15. The lowest BCUT2D eigenvalue weighted by Gasteiger charge is -2.08. The number of nitrogens with zero attached hydrogens (tertiary/aromatic N) is 2. The highest BCUT2D eigenvalue weighted by Crippen LogP contribution is 2.22. The summed E-state index contributed by atoms with van der Waals surface area (Å²) in [6.45, 7) is 0. The van der Waals surface area contributed by atoms with Crippen molar-refractivity contribution in [2.45, 2.75) is 12.5 Å². The normalized spacial score (nSPS) is 12.8. The first kappa shape index (κ1) is 13.3. The van der Waals surface area contributed by atoms with Gasteiger partial charge in [0.2, 0.25) is 0 Å². The van der Waals surface area contributed by atoms with E-state index in [9.17, 15) is 9.50 Å². The van der Waals surface area contributed by atoms with Gasteiger partial charge in [-0.05, 0) is 29.8 Å². The van der Waals surface area contributed by atoms with Crippen LogP contribution in [-0.2, 0) is 6.42 Å². The Hall–Kier alpha value is -1.72. The Morgan fingerprint density at radius 1 is 1.30 bits per heavy atom. The Morgan fingerprint density at radius 2 is 2.15 bits per heavy atom. The van der Waals surface area contributed by atoms with Gasteiger partial charge >= 0.3 is 0 Å². The van der Waals surface area contributed by atoms with Gasteiger partial charge < -0.3 is 9.51 Å². The third kappa shape index (κ3) is 2.59. The molecular weight excluding hydrogens is 323 g/mol. The predicted molar refractivity (Wildman–Crippen MR) is 78.0 cm³/mol. The van der Waals surface area contributed by atoms with E-state index in [2.05, 4.69) is 20.9 Å². The number of benzene rings is 1. The van der Waals surface area contributed by atoms with E-state index < -0.39 is 6.10 Å². The maximum Gasteiger partial charge on any atom is 0.137 e. The molecule has 1 aromatic carbocycles. The van der Waals surface area contributed by atoms with Crippen molar-refractivity contribution in [3.63, 3.8) is 0 Å². The number of aromatic nitrogens is 2. The molecule has 1 atom stereocenters. The lowest BCUT2D eigenvalue weighted by molar-refractivity contribution is 0.173. The van der Waals surface area contributed by atoms with Crippen LogP contribution in [-0.4, -0.2) is 14.5 Å². The second-order valence-corrected chi connectivity index (χ2v) is 5.50. The van der Waals surface area contributed by atoms with Crippen LogP contribution >= 0.6 is 15.9 Å². The fraction of sp³-hybridized carbons (Fsp3) is 0.133. The van der Waals surface area contributed by atoms with Gasteiger partial charge in [0.1, 0.15) is 17.6 Å². The molecule has 0 aliphatic rings. The number of fused-ring (bicyclic) bond motifs is 1. The van der Waals surface area contributed by atoms with E-state index in [-0.39, 0.29) is 12.2 Å². The SMILES string of the molecule is OC(Cc1ccc(Br)cc1F)c1cn2ccccc2n1. The molecule has 5 heteroatoms. The molecule has 0 aliphatic carbocycles. The van der Waals surface area contributed by atoms with Gasteiger partial charge in [0.25, 0.3) is 0 Å². The minimum atomic E-state index is -0.828. The topological polar surface area (TPSA) is 37.5 Å². The van der Waals surface area contributed by atoms with E-state index in [1.165, 1.54) is 6.07 Å². The first-order chi connectivity index (χ1) is 9.63. The Kier molecular flexibility index (Phi) is 3.54. The summed E-state index contributed by atoms with van der Waals surface area (Å²) in [6.07, 6.45) is 2.99. The van der Waals surface area contributed by atoms with Crippen LogP contribution in [0.4, 0.5) is 4.39 Å². The van der Waals surface area contributed by atoms with E-state index >= 15 is 0 Å². The number of rotatable bonds is 3. The highest BCUT2D eigenvalue weighted by molar-refractivity contribution is 9.10. The Balaban J connectivity index is 1.86. The van der Waals surface area contributed by atoms with Gasteiger partial charge in [0, 0.05) is 23.3 Å². The minimum Gasteiger partial charge on any atom is -0.386 e. The summed E-state index contributed by atoms with van der Waals surface area (Å²) >= 11 is 3.21. The predicted octanol–water partition coefficient (Wildman–Crippen LogP) is 3.51. The quantitative estimate of drug-likeness (QED) is 0.795. The van der Waals surface area contributed by atoms with Crippen molar-refractivity contribution in [3.8, 4) is 0 Å². The molecule has 1 N–H and O–H groups in total. The van der Waals surface area contributed by atoms with Crippen molar-refractivity contribution in [1.29, 1.82) is 0 Å². The molecule has 1 unspecified atom stereocenters. The van der Waals surface area contributed by atoms with Crippen LogP contribution in [0.25, 0.3) is 5.65 Å². The summed E-state index contributed by atoms with van der Waals surface area (Å²) in [5.41, 5.74) is 1.77. The number of halogens is 2. The number of pyridine rings is 1. The second kappa shape index (κ2) is 5.34. The zero-order valence-corrected chi connectivity index (χ0v) is 12.1. The monoisotopic (exact) mass is 334 g/mol. The van der Waals surface area contributed by atoms with Crippen LogP contribution in [0.5, 0.6) is 0 Å². The molecule has 0 spiro atoms.